The molecule has 4 aliphatic rings. The molecule has 2 saturated carbocycles. The average Bonchev–Trinajstić information content (AvgIpc) is 2.98. The molecule has 0 saturated heterocycles. The molecule has 2 fully saturated rings. The standard InChI is InChI=1S/C31H48O4/c1-18(2)19(3)9-10-20(27(34)35)23-17-26(33)31(8)22-11-12-24-28(4,5)25(32)14-15-29(24,6)21(22)13-16-30(23,31)7/h18,20,23-24,26,33H,3,9-17H2,1-2,4-8H3,(H,34,35)/t20-,23+,24-,26-,29+,30+,31+/m0/s1. The number of hydrogen-bond donors (Lipinski definition) is 2. The van der Waals surface area contributed by atoms with Crippen LogP contribution in [0.5, 0.6) is 0 Å². The van der Waals surface area contributed by atoms with E-state index in [0.29, 0.717) is 36.9 Å². The lowest BCUT2D eigenvalue weighted by Crippen LogP contribution is -2.55. The van der Waals surface area contributed by atoms with Gasteiger partial charge in [0.1, 0.15) is 5.78 Å². The number of fused-ring (bicyclic) bond motifs is 4. The molecule has 0 unspecified atom stereocenters. The molecule has 0 amide bonds. The molecule has 4 heteroatoms. The van der Waals surface area contributed by atoms with E-state index in [1.54, 1.807) is 0 Å². The van der Waals surface area contributed by atoms with Gasteiger partial charge in [0.05, 0.1) is 12.0 Å². The van der Waals surface area contributed by atoms with E-state index in [0.717, 1.165) is 44.1 Å². The Bertz CT molecular complexity index is 957. The van der Waals surface area contributed by atoms with Crippen LogP contribution in [0.15, 0.2) is 23.3 Å². The molecule has 0 aromatic carbocycles. The topological polar surface area (TPSA) is 74.6 Å². The molecule has 0 aromatic rings. The summed E-state index contributed by atoms with van der Waals surface area (Å²) in [6, 6.07) is 0. The predicted molar refractivity (Wildman–Crippen MR) is 140 cm³/mol. The smallest absolute Gasteiger partial charge is 0.306 e. The first kappa shape index (κ1) is 26.6. The largest absolute Gasteiger partial charge is 0.481 e. The van der Waals surface area contributed by atoms with Crippen LogP contribution in [0.4, 0.5) is 0 Å². The number of carbonyl (C=O) groups excluding carboxylic acids is 1. The van der Waals surface area contributed by atoms with Crippen molar-refractivity contribution in [2.75, 3.05) is 0 Å². The second-order valence-electron chi connectivity index (χ2n) is 13.9. The van der Waals surface area contributed by atoms with E-state index in [1.165, 1.54) is 11.1 Å². The van der Waals surface area contributed by atoms with Crippen LogP contribution in [0.25, 0.3) is 0 Å². The maximum Gasteiger partial charge on any atom is 0.306 e. The molecule has 0 spiro atoms. The number of aliphatic carboxylic acids is 1. The number of allylic oxidation sites excluding steroid dienone is 2. The van der Waals surface area contributed by atoms with Crippen LogP contribution in [-0.4, -0.2) is 28.1 Å². The van der Waals surface area contributed by atoms with Gasteiger partial charge in [-0.3, -0.25) is 9.59 Å². The average molecular weight is 485 g/mol. The minimum atomic E-state index is -0.729. The van der Waals surface area contributed by atoms with E-state index >= 15 is 0 Å². The van der Waals surface area contributed by atoms with Gasteiger partial charge in [0, 0.05) is 17.3 Å². The zero-order valence-electron chi connectivity index (χ0n) is 23.2. The third-order valence-corrected chi connectivity index (χ3v) is 12.0. The lowest BCUT2D eigenvalue weighted by Gasteiger charge is -2.61. The Kier molecular flexibility index (Phi) is 6.52. The first-order chi connectivity index (χ1) is 16.1. The summed E-state index contributed by atoms with van der Waals surface area (Å²) in [4.78, 5) is 25.4. The molecule has 0 bridgehead atoms. The van der Waals surface area contributed by atoms with Gasteiger partial charge >= 0.3 is 5.97 Å². The number of Topliss-reactive ketones (excluding diaryl/α,β-unsaturated/α-hetero) is 1. The summed E-state index contributed by atoms with van der Waals surface area (Å²) >= 11 is 0. The number of carboxylic acids is 1. The molecular formula is C31H48O4. The van der Waals surface area contributed by atoms with Gasteiger partial charge in [-0.05, 0) is 80.0 Å². The summed E-state index contributed by atoms with van der Waals surface area (Å²) in [5.41, 5.74) is 3.03. The van der Waals surface area contributed by atoms with Crippen molar-refractivity contribution < 1.29 is 19.8 Å². The zero-order chi connectivity index (χ0) is 26.1. The fourth-order valence-electron chi connectivity index (χ4n) is 9.31. The van der Waals surface area contributed by atoms with Gasteiger partial charge in [-0.1, -0.05) is 71.8 Å². The second-order valence-corrected chi connectivity index (χ2v) is 13.9. The Morgan fingerprint density at radius 3 is 2.31 bits per heavy atom. The van der Waals surface area contributed by atoms with Crippen LogP contribution in [0, 0.1) is 45.3 Å². The summed E-state index contributed by atoms with van der Waals surface area (Å²) in [6.07, 6.45) is 6.66. The number of hydrogen-bond acceptors (Lipinski definition) is 3. The van der Waals surface area contributed by atoms with E-state index in [4.69, 9.17) is 0 Å². The Morgan fingerprint density at radius 1 is 1.06 bits per heavy atom. The highest BCUT2D eigenvalue weighted by molar-refractivity contribution is 5.85. The van der Waals surface area contributed by atoms with Crippen LogP contribution in [0.2, 0.25) is 0 Å². The number of carboxylic acid groups (broad SMARTS) is 1. The van der Waals surface area contributed by atoms with Gasteiger partial charge in [-0.25, -0.2) is 0 Å². The highest BCUT2D eigenvalue weighted by Gasteiger charge is 2.67. The number of ketones is 1. The highest BCUT2D eigenvalue weighted by atomic mass is 16.4. The van der Waals surface area contributed by atoms with Crippen molar-refractivity contribution in [2.24, 2.45) is 45.3 Å². The summed E-state index contributed by atoms with van der Waals surface area (Å²) in [6.45, 7) is 19.6. The van der Waals surface area contributed by atoms with Gasteiger partial charge in [0.25, 0.3) is 0 Å². The lowest BCUT2D eigenvalue weighted by atomic mass is 9.43. The number of rotatable bonds is 6. The Labute approximate surface area is 212 Å². The normalized spacial score (nSPS) is 41.3. The maximum atomic E-state index is 12.8. The van der Waals surface area contributed by atoms with Crippen molar-refractivity contribution in [3.63, 3.8) is 0 Å². The quantitative estimate of drug-likeness (QED) is 0.399. The van der Waals surface area contributed by atoms with Crippen LogP contribution < -0.4 is 0 Å². The van der Waals surface area contributed by atoms with Crippen LogP contribution in [-0.2, 0) is 9.59 Å². The monoisotopic (exact) mass is 484 g/mol. The first-order valence-electron chi connectivity index (χ1n) is 14.0. The maximum absolute atomic E-state index is 12.8. The molecule has 196 valence electrons. The summed E-state index contributed by atoms with van der Waals surface area (Å²) in [7, 11) is 0. The summed E-state index contributed by atoms with van der Waals surface area (Å²) < 4.78 is 0. The minimum absolute atomic E-state index is 0.00561. The number of aliphatic hydroxyl groups excluding tert-OH is 1. The van der Waals surface area contributed by atoms with E-state index in [9.17, 15) is 19.8 Å². The highest BCUT2D eigenvalue weighted by Crippen LogP contribution is 2.72. The van der Waals surface area contributed by atoms with Gasteiger partial charge in [-0.15, -0.1) is 0 Å². The lowest BCUT2D eigenvalue weighted by molar-refractivity contribution is -0.146. The summed E-state index contributed by atoms with van der Waals surface area (Å²) in [5, 5.41) is 22.0. The van der Waals surface area contributed by atoms with Crippen molar-refractivity contribution in [1.82, 2.24) is 0 Å². The molecule has 4 rings (SSSR count). The van der Waals surface area contributed by atoms with Crippen molar-refractivity contribution in [1.29, 1.82) is 0 Å². The van der Waals surface area contributed by atoms with Gasteiger partial charge < -0.3 is 10.2 Å². The third kappa shape index (κ3) is 3.63. The Hall–Kier alpha value is -1.42. The number of aliphatic hydroxyl groups is 1. The van der Waals surface area contributed by atoms with Gasteiger partial charge in [0.15, 0.2) is 0 Å². The molecule has 0 aliphatic heterocycles. The van der Waals surface area contributed by atoms with E-state index in [2.05, 4.69) is 55.0 Å². The van der Waals surface area contributed by atoms with E-state index in [1.807, 2.05) is 0 Å². The van der Waals surface area contributed by atoms with Crippen molar-refractivity contribution >= 4 is 11.8 Å². The summed E-state index contributed by atoms with van der Waals surface area (Å²) in [5.74, 6) is -0.164. The molecule has 7 atom stereocenters. The molecule has 4 aliphatic carbocycles. The molecule has 0 heterocycles. The number of carbonyl (C=O) groups is 2. The minimum Gasteiger partial charge on any atom is -0.481 e. The second kappa shape index (κ2) is 8.57. The van der Waals surface area contributed by atoms with E-state index < -0.39 is 23.4 Å². The third-order valence-electron chi connectivity index (χ3n) is 12.0. The molecule has 0 aromatic heterocycles. The Balaban J connectivity index is 1.73. The molecule has 4 nitrogen and oxygen atoms in total. The molecule has 0 radical (unpaired) electrons. The van der Waals surface area contributed by atoms with Gasteiger partial charge in [0.2, 0.25) is 0 Å². The predicted octanol–water partition coefficient (Wildman–Crippen LogP) is 6.97. The fraction of sp³-hybridized carbons (Fsp3) is 0.806. The first-order valence-corrected chi connectivity index (χ1v) is 14.0. The van der Waals surface area contributed by atoms with Crippen molar-refractivity contribution in [3.05, 3.63) is 23.3 Å². The van der Waals surface area contributed by atoms with Crippen LogP contribution in [0.1, 0.15) is 106 Å². The SMILES string of the molecule is C=C(CC[C@H](C(=O)O)[C@H]1C[C@H](O)[C@@]2(C)C3=C(CC[C@]12C)[C@@]1(C)CCC(=O)C(C)(C)[C@@H]1CC3)C(C)C. The van der Waals surface area contributed by atoms with Crippen LogP contribution >= 0.6 is 0 Å². The van der Waals surface area contributed by atoms with E-state index in [-0.39, 0.29) is 22.2 Å². The van der Waals surface area contributed by atoms with Gasteiger partial charge in [-0.2, -0.15) is 0 Å². The fourth-order valence-corrected chi connectivity index (χ4v) is 9.31. The van der Waals surface area contributed by atoms with Crippen molar-refractivity contribution in [3.8, 4) is 0 Å². The Morgan fingerprint density at radius 2 is 1.71 bits per heavy atom. The molecule has 35 heavy (non-hydrogen) atoms. The van der Waals surface area contributed by atoms with Crippen molar-refractivity contribution in [2.45, 2.75) is 112 Å². The van der Waals surface area contributed by atoms with Crippen LogP contribution in [0.3, 0.4) is 0 Å². The molecule has 2 N–H and O–H groups in total. The molecular weight excluding hydrogens is 436 g/mol. The zero-order valence-corrected chi connectivity index (χ0v) is 23.2.